The molecule has 0 unspecified atom stereocenters. The largest absolute Gasteiger partial charge is 0.346 e. The molecule has 2 N–H and O–H groups in total. The molecule has 1 aliphatic rings. The third-order valence-electron chi connectivity index (χ3n) is 5.72. The van der Waals surface area contributed by atoms with Crippen LogP contribution in [-0.2, 0) is 6.54 Å². The molecule has 0 radical (unpaired) electrons. The summed E-state index contributed by atoms with van der Waals surface area (Å²) < 4.78 is 3.68. The predicted molar refractivity (Wildman–Crippen MR) is 117 cm³/mol. The number of benzene rings is 1. The molecule has 156 valence electrons. The Hall–Kier alpha value is -3.94. The Labute approximate surface area is 178 Å². The first-order chi connectivity index (χ1) is 15.0. The number of rotatable bonds is 4. The average molecular weight is 414 g/mol. The highest BCUT2D eigenvalue weighted by atomic mass is 16.2. The molecule has 3 aromatic heterocycles. The van der Waals surface area contributed by atoms with E-state index in [0.29, 0.717) is 23.6 Å². The Morgan fingerprint density at radius 1 is 1.16 bits per heavy atom. The van der Waals surface area contributed by atoms with E-state index in [1.807, 2.05) is 60.9 Å². The number of anilines is 1. The summed E-state index contributed by atoms with van der Waals surface area (Å²) in [6.07, 6.45) is 3.41. The highest BCUT2D eigenvalue weighted by molar-refractivity contribution is 6.05. The third-order valence-corrected chi connectivity index (χ3v) is 5.72. The molecular weight excluding hydrogens is 392 g/mol. The molecular formula is C23H22N6O2. The van der Waals surface area contributed by atoms with Crippen LogP contribution in [0, 0.1) is 0 Å². The topological polar surface area (TPSA) is 93.8 Å². The standard InChI is InChI=1S/C23H22N6O2/c1-14-15(2)29-20(23(31)25-14)10-17-8-9-19(27-21(17)29)22(30)26-18-11-24-28(13-18)12-16-6-4-3-5-7-16/h3-11,13-15H,12H2,1-2H3,(H,25,31)(H,26,30)/t14-,15-/m1/s1. The van der Waals surface area contributed by atoms with Crippen molar-refractivity contribution in [3.05, 3.63) is 77.9 Å². The van der Waals surface area contributed by atoms with Crippen LogP contribution in [0.15, 0.2) is 60.9 Å². The van der Waals surface area contributed by atoms with Gasteiger partial charge in [-0.1, -0.05) is 30.3 Å². The zero-order chi connectivity index (χ0) is 21.5. The first kappa shape index (κ1) is 19.0. The van der Waals surface area contributed by atoms with Crippen molar-refractivity contribution in [3.8, 4) is 0 Å². The van der Waals surface area contributed by atoms with Crippen LogP contribution in [0.5, 0.6) is 0 Å². The molecule has 1 aromatic carbocycles. The number of nitrogens with zero attached hydrogens (tertiary/aromatic N) is 4. The molecule has 4 aromatic rings. The molecule has 0 fully saturated rings. The number of aromatic nitrogens is 4. The first-order valence-corrected chi connectivity index (χ1v) is 10.2. The maximum atomic E-state index is 12.8. The van der Waals surface area contributed by atoms with E-state index in [9.17, 15) is 9.59 Å². The molecule has 0 saturated heterocycles. The lowest BCUT2D eigenvalue weighted by molar-refractivity contribution is 0.0891. The van der Waals surface area contributed by atoms with E-state index in [-0.39, 0.29) is 29.6 Å². The minimum absolute atomic E-state index is 0.0228. The summed E-state index contributed by atoms with van der Waals surface area (Å²) in [6, 6.07) is 15.3. The molecule has 0 bridgehead atoms. The maximum Gasteiger partial charge on any atom is 0.274 e. The smallest absolute Gasteiger partial charge is 0.274 e. The summed E-state index contributed by atoms with van der Waals surface area (Å²) in [7, 11) is 0. The molecule has 2 atom stereocenters. The van der Waals surface area contributed by atoms with Gasteiger partial charge in [-0.3, -0.25) is 14.3 Å². The van der Waals surface area contributed by atoms with Gasteiger partial charge in [-0.2, -0.15) is 5.10 Å². The maximum absolute atomic E-state index is 12.8. The van der Waals surface area contributed by atoms with Crippen molar-refractivity contribution in [1.29, 1.82) is 0 Å². The molecule has 4 heterocycles. The number of carbonyl (C=O) groups excluding carboxylic acids is 2. The molecule has 2 amide bonds. The van der Waals surface area contributed by atoms with Gasteiger partial charge in [-0.05, 0) is 37.6 Å². The molecule has 0 spiro atoms. The number of carbonyl (C=O) groups is 2. The Balaban J connectivity index is 1.39. The van der Waals surface area contributed by atoms with Gasteiger partial charge in [0.15, 0.2) is 0 Å². The molecule has 8 heteroatoms. The fourth-order valence-corrected chi connectivity index (χ4v) is 3.91. The van der Waals surface area contributed by atoms with Crippen LogP contribution in [0.25, 0.3) is 11.0 Å². The summed E-state index contributed by atoms with van der Waals surface area (Å²) in [5.74, 6) is -0.446. The van der Waals surface area contributed by atoms with Gasteiger partial charge < -0.3 is 15.2 Å². The normalized spacial score (nSPS) is 17.9. The summed E-state index contributed by atoms with van der Waals surface area (Å²) in [5.41, 5.74) is 3.21. The van der Waals surface area contributed by atoms with Gasteiger partial charge in [-0.15, -0.1) is 0 Å². The highest BCUT2D eigenvalue weighted by Crippen LogP contribution is 2.28. The number of hydrogen-bond donors (Lipinski definition) is 2. The van der Waals surface area contributed by atoms with E-state index in [2.05, 4.69) is 20.7 Å². The SMILES string of the molecule is C[C@@H]1[C@@H](C)NC(=O)c2cc3ccc(C(=O)Nc4cnn(Cc5ccccc5)c4)nc3n21. The number of fused-ring (bicyclic) bond motifs is 3. The van der Waals surface area contributed by atoms with E-state index in [1.165, 1.54) is 0 Å². The van der Waals surface area contributed by atoms with Gasteiger partial charge >= 0.3 is 0 Å². The van der Waals surface area contributed by atoms with Gasteiger partial charge in [-0.25, -0.2) is 4.98 Å². The lowest BCUT2D eigenvalue weighted by Crippen LogP contribution is -2.44. The van der Waals surface area contributed by atoms with Gasteiger partial charge in [0.05, 0.1) is 24.5 Å². The van der Waals surface area contributed by atoms with E-state index in [0.717, 1.165) is 10.9 Å². The second-order valence-corrected chi connectivity index (χ2v) is 7.88. The number of pyridine rings is 1. The molecule has 31 heavy (non-hydrogen) atoms. The second-order valence-electron chi connectivity index (χ2n) is 7.88. The summed E-state index contributed by atoms with van der Waals surface area (Å²) in [4.78, 5) is 29.8. The number of nitrogens with one attached hydrogen (secondary N) is 2. The summed E-state index contributed by atoms with van der Waals surface area (Å²) in [5, 5.41) is 11.0. The fourth-order valence-electron chi connectivity index (χ4n) is 3.91. The Morgan fingerprint density at radius 3 is 2.77 bits per heavy atom. The van der Waals surface area contributed by atoms with Crippen LogP contribution in [0.3, 0.4) is 0 Å². The van der Waals surface area contributed by atoms with Crippen LogP contribution in [0.4, 0.5) is 5.69 Å². The Morgan fingerprint density at radius 2 is 1.97 bits per heavy atom. The van der Waals surface area contributed by atoms with Crippen molar-refractivity contribution >= 4 is 28.5 Å². The van der Waals surface area contributed by atoms with E-state index in [1.54, 1.807) is 23.1 Å². The first-order valence-electron chi connectivity index (χ1n) is 10.2. The Bertz CT molecular complexity index is 1290. The summed E-state index contributed by atoms with van der Waals surface area (Å²) >= 11 is 0. The van der Waals surface area contributed by atoms with Crippen LogP contribution >= 0.6 is 0 Å². The Kier molecular flexibility index (Phi) is 4.54. The third kappa shape index (κ3) is 3.46. The van der Waals surface area contributed by atoms with Crippen molar-refractivity contribution in [2.75, 3.05) is 5.32 Å². The molecule has 1 aliphatic heterocycles. The zero-order valence-corrected chi connectivity index (χ0v) is 17.2. The van der Waals surface area contributed by atoms with Crippen molar-refractivity contribution in [2.24, 2.45) is 0 Å². The second kappa shape index (κ2) is 7.39. The fraction of sp³-hybridized carbons (Fsp3) is 0.217. The van der Waals surface area contributed by atoms with Crippen molar-refractivity contribution < 1.29 is 9.59 Å². The molecule has 0 saturated carbocycles. The zero-order valence-electron chi connectivity index (χ0n) is 17.2. The number of amides is 2. The van der Waals surface area contributed by atoms with Crippen LogP contribution < -0.4 is 10.6 Å². The lowest BCUT2D eigenvalue weighted by atomic mass is 10.1. The minimum Gasteiger partial charge on any atom is -0.346 e. The average Bonchev–Trinajstić information content (AvgIpc) is 3.37. The van der Waals surface area contributed by atoms with Crippen LogP contribution in [-0.4, -0.2) is 37.2 Å². The van der Waals surface area contributed by atoms with E-state index in [4.69, 9.17) is 0 Å². The molecule has 5 rings (SSSR count). The van der Waals surface area contributed by atoms with Crippen molar-refractivity contribution in [1.82, 2.24) is 24.6 Å². The number of hydrogen-bond acceptors (Lipinski definition) is 4. The lowest BCUT2D eigenvalue weighted by Gasteiger charge is -2.29. The van der Waals surface area contributed by atoms with E-state index >= 15 is 0 Å². The minimum atomic E-state index is -0.322. The van der Waals surface area contributed by atoms with Crippen LogP contribution in [0.1, 0.15) is 46.4 Å². The van der Waals surface area contributed by atoms with E-state index < -0.39 is 0 Å². The van der Waals surface area contributed by atoms with Crippen LogP contribution in [0.2, 0.25) is 0 Å². The van der Waals surface area contributed by atoms with Gasteiger partial charge in [0.25, 0.3) is 11.8 Å². The van der Waals surface area contributed by atoms with Crippen molar-refractivity contribution in [3.63, 3.8) is 0 Å². The van der Waals surface area contributed by atoms with Gasteiger partial charge in [0, 0.05) is 17.6 Å². The van der Waals surface area contributed by atoms with Gasteiger partial charge in [0.1, 0.15) is 17.0 Å². The predicted octanol–water partition coefficient (Wildman–Crippen LogP) is 3.23. The summed E-state index contributed by atoms with van der Waals surface area (Å²) in [6.45, 7) is 4.61. The van der Waals surface area contributed by atoms with Crippen molar-refractivity contribution in [2.45, 2.75) is 32.5 Å². The molecule has 8 nitrogen and oxygen atoms in total. The molecule has 0 aliphatic carbocycles. The highest BCUT2D eigenvalue weighted by Gasteiger charge is 2.30. The monoisotopic (exact) mass is 414 g/mol. The van der Waals surface area contributed by atoms with Gasteiger partial charge in [0.2, 0.25) is 0 Å². The quantitative estimate of drug-likeness (QED) is 0.536.